The van der Waals surface area contributed by atoms with Crippen molar-refractivity contribution in [3.63, 3.8) is 0 Å². The van der Waals surface area contributed by atoms with Crippen LogP contribution in [0, 0.1) is 0 Å². The lowest BCUT2D eigenvalue weighted by Gasteiger charge is -2.33. The van der Waals surface area contributed by atoms with Gasteiger partial charge in [0, 0.05) is 31.0 Å². The molecule has 0 N–H and O–H groups in total. The highest BCUT2D eigenvalue weighted by Gasteiger charge is 2.24. The van der Waals surface area contributed by atoms with Crippen molar-refractivity contribution < 1.29 is 9.53 Å². The van der Waals surface area contributed by atoms with E-state index in [9.17, 15) is 4.79 Å². The van der Waals surface area contributed by atoms with E-state index in [1.807, 2.05) is 6.07 Å². The van der Waals surface area contributed by atoms with Crippen LogP contribution in [-0.4, -0.2) is 35.1 Å². The minimum atomic E-state index is -0.147. The van der Waals surface area contributed by atoms with Gasteiger partial charge in [-0.15, -0.1) is 0 Å². The molecule has 3 rings (SSSR count). The Kier molecular flexibility index (Phi) is 6.29. The first-order valence-electron chi connectivity index (χ1n) is 9.25. The molecule has 1 heterocycles. The van der Waals surface area contributed by atoms with Crippen molar-refractivity contribution >= 4 is 5.97 Å². The summed E-state index contributed by atoms with van der Waals surface area (Å²) in [5.41, 5.74) is 2.54. The van der Waals surface area contributed by atoms with Gasteiger partial charge in [-0.3, -0.25) is 9.69 Å². The molecule has 0 unspecified atom stereocenters. The van der Waals surface area contributed by atoms with Crippen molar-refractivity contribution in [1.82, 2.24) is 9.47 Å². The zero-order valence-corrected chi connectivity index (χ0v) is 15.1. The van der Waals surface area contributed by atoms with Gasteiger partial charge in [-0.25, -0.2) is 0 Å². The molecule has 134 valence electrons. The lowest BCUT2D eigenvalue weighted by atomic mass is 9.94. The molecule has 4 nitrogen and oxygen atoms in total. The molecule has 0 spiro atoms. The lowest BCUT2D eigenvalue weighted by molar-refractivity contribution is -0.143. The van der Waals surface area contributed by atoms with Gasteiger partial charge in [-0.05, 0) is 30.5 Å². The summed E-state index contributed by atoms with van der Waals surface area (Å²) in [5.74, 6) is -0.147. The Hall–Kier alpha value is -2.07. The highest BCUT2D eigenvalue weighted by atomic mass is 16.5. The van der Waals surface area contributed by atoms with Crippen LogP contribution in [0.2, 0.25) is 0 Å². The molecule has 1 saturated carbocycles. The minimum absolute atomic E-state index is 0.147. The third-order valence-corrected chi connectivity index (χ3v) is 5.14. The SMILES string of the molecule is COC(=O)CN(Cc1cccn1Cc1ccccc1)C1CCCCC1. The molecular formula is C21H28N2O2. The molecule has 1 aromatic carbocycles. The van der Waals surface area contributed by atoms with Gasteiger partial charge >= 0.3 is 5.97 Å². The summed E-state index contributed by atoms with van der Waals surface area (Å²) < 4.78 is 7.21. The largest absolute Gasteiger partial charge is 0.468 e. The van der Waals surface area contributed by atoms with Crippen LogP contribution in [-0.2, 0) is 22.6 Å². The Labute approximate surface area is 150 Å². The second-order valence-electron chi connectivity index (χ2n) is 6.89. The fourth-order valence-corrected chi connectivity index (χ4v) is 3.73. The van der Waals surface area contributed by atoms with E-state index >= 15 is 0 Å². The zero-order chi connectivity index (χ0) is 17.5. The molecular weight excluding hydrogens is 312 g/mol. The number of benzene rings is 1. The third kappa shape index (κ3) is 4.95. The first kappa shape index (κ1) is 17.7. The number of esters is 1. The molecule has 25 heavy (non-hydrogen) atoms. The van der Waals surface area contributed by atoms with Crippen LogP contribution >= 0.6 is 0 Å². The Morgan fingerprint density at radius 1 is 1.12 bits per heavy atom. The third-order valence-electron chi connectivity index (χ3n) is 5.14. The van der Waals surface area contributed by atoms with Gasteiger partial charge in [-0.1, -0.05) is 49.6 Å². The van der Waals surface area contributed by atoms with E-state index < -0.39 is 0 Å². The van der Waals surface area contributed by atoms with Crippen LogP contribution in [0.4, 0.5) is 0 Å². The molecule has 1 aromatic heterocycles. The summed E-state index contributed by atoms with van der Waals surface area (Å²) >= 11 is 0. The fraction of sp³-hybridized carbons (Fsp3) is 0.476. The molecule has 1 aliphatic carbocycles. The monoisotopic (exact) mass is 340 g/mol. The van der Waals surface area contributed by atoms with Gasteiger partial charge in [0.2, 0.25) is 0 Å². The van der Waals surface area contributed by atoms with E-state index in [0.29, 0.717) is 12.6 Å². The molecule has 0 aliphatic heterocycles. The number of rotatable bonds is 7. The topological polar surface area (TPSA) is 34.5 Å². The highest BCUT2D eigenvalue weighted by molar-refractivity contribution is 5.71. The maximum atomic E-state index is 11.9. The number of hydrogen-bond acceptors (Lipinski definition) is 3. The van der Waals surface area contributed by atoms with Gasteiger partial charge < -0.3 is 9.30 Å². The molecule has 0 amide bonds. The van der Waals surface area contributed by atoms with Crippen LogP contribution in [0.1, 0.15) is 43.4 Å². The summed E-state index contributed by atoms with van der Waals surface area (Å²) in [6.07, 6.45) is 8.31. The average Bonchev–Trinajstić information content (AvgIpc) is 3.09. The second-order valence-corrected chi connectivity index (χ2v) is 6.89. The molecule has 0 radical (unpaired) electrons. The Bertz CT molecular complexity index is 660. The van der Waals surface area contributed by atoms with Gasteiger partial charge in [0.25, 0.3) is 0 Å². The number of hydrogen-bond donors (Lipinski definition) is 0. The van der Waals surface area contributed by atoms with E-state index in [1.54, 1.807) is 0 Å². The summed E-state index contributed by atoms with van der Waals surface area (Å²) in [7, 11) is 1.47. The van der Waals surface area contributed by atoms with Crippen LogP contribution in [0.3, 0.4) is 0 Å². The van der Waals surface area contributed by atoms with Crippen LogP contribution in [0.25, 0.3) is 0 Å². The van der Waals surface area contributed by atoms with Gasteiger partial charge in [0.1, 0.15) is 0 Å². The van der Waals surface area contributed by atoms with Crippen molar-refractivity contribution in [1.29, 1.82) is 0 Å². The Morgan fingerprint density at radius 2 is 1.88 bits per heavy atom. The van der Waals surface area contributed by atoms with Crippen molar-refractivity contribution in [3.8, 4) is 0 Å². The molecule has 1 aliphatic rings. The molecule has 0 atom stereocenters. The highest BCUT2D eigenvalue weighted by Crippen LogP contribution is 2.24. The van der Waals surface area contributed by atoms with E-state index in [-0.39, 0.29) is 5.97 Å². The molecule has 0 saturated heterocycles. The molecule has 4 heteroatoms. The predicted octanol–water partition coefficient (Wildman–Crippen LogP) is 3.84. The molecule has 2 aromatic rings. The summed E-state index contributed by atoms with van der Waals surface area (Å²) in [4.78, 5) is 14.2. The van der Waals surface area contributed by atoms with E-state index in [4.69, 9.17) is 4.74 Å². The van der Waals surface area contributed by atoms with Crippen molar-refractivity contribution in [2.75, 3.05) is 13.7 Å². The number of ether oxygens (including phenoxy) is 1. The zero-order valence-electron chi connectivity index (χ0n) is 15.1. The van der Waals surface area contributed by atoms with E-state index in [0.717, 1.165) is 13.1 Å². The second kappa shape index (κ2) is 8.86. The lowest BCUT2D eigenvalue weighted by Crippen LogP contribution is -2.40. The van der Waals surface area contributed by atoms with E-state index in [2.05, 4.69) is 52.1 Å². The van der Waals surface area contributed by atoms with Crippen molar-refractivity contribution in [3.05, 3.63) is 59.9 Å². The van der Waals surface area contributed by atoms with Crippen molar-refractivity contribution in [2.24, 2.45) is 0 Å². The summed E-state index contributed by atoms with van der Waals surface area (Å²) in [6.45, 7) is 2.02. The molecule has 0 bridgehead atoms. The summed E-state index contributed by atoms with van der Waals surface area (Å²) in [6, 6.07) is 15.2. The normalized spacial score (nSPS) is 15.4. The standard InChI is InChI=1S/C21H28N2O2/c1-25-21(24)17-23(19-11-6-3-7-12-19)16-20-13-8-14-22(20)15-18-9-4-2-5-10-18/h2,4-5,8-10,13-14,19H,3,6-7,11-12,15-17H2,1H3. The molecule has 1 fully saturated rings. The van der Waals surface area contributed by atoms with Gasteiger partial charge in [-0.2, -0.15) is 0 Å². The number of nitrogens with zero attached hydrogens (tertiary/aromatic N) is 2. The van der Waals surface area contributed by atoms with Crippen LogP contribution in [0.5, 0.6) is 0 Å². The van der Waals surface area contributed by atoms with Gasteiger partial charge in [0.05, 0.1) is 13.7 Å². The smallest absolute Gasteiger partial charge is 0.319 e. The Balaban J connectivity index is 1.72. The minimum Gasteiger partial charge on any atom is -0.468 e. The predicted molar refractivity (Wildman–Crippen MR) is 99.3 cm³/mol. The quantitative estimate of drug-likeness (QED) is 0.718. The fourth-order valence-electron chi connectivity index (χ4n) is 3.73. The Morgan fingerprint density at radius 3 is 2.60 bits per heavy atom. The first-order chi connectivity index (χ1) is 12.3. The maximum absolute atomic E-state index is 11.9. The summed E-state index contributed by atoms with van der Waals surface area (Å²) in [5, 5.41) is 0. The number of carbonyl (C=O) groups excluding carboxylic acids is 1. The number of aromatic nitrogens is 1. The number of methoxy groups -OCH3 is 1. The van der Waals surface area contributed by atoms with E-state index in [1.165, 1.54) is 50.5 Å². The van der Waals surface area contributed by atoms with Crippen molar-refractivity contribution in [2.45, 2.75) is 51.2 Å². The number of carbonyl (C=O) groups is 1. The average molecular weight is 340 g/mol. The van der Waals surface area contributed by atoms with Crippen LogP contribution in [0.15, 0.2) is 48.7 Å². The van der Waals surface area contributed by atoms with Crippen LogP contribution < -0.4 is 0 Å². The van der Waals surface area contributed by atoms with Gasteiger partial charge in [0.15, 0.2) is 0 Å². The first-order valence-corrected chi connectivity index (χ1v) is 9.25. The maximum Gasteiger partial charge on any atom is 0.319 e.